The zero-order valence-electron chi connectivity index (χ0n) is 14.9. The molecule has 0 saturated carbocycles. The summed E-state index contributed by atoms with van der Waals surface area (Å²) in [7, 11) is 5.25. The zero-order chi connectivity index (χ0) is 18.7. The monoisotopic (exact) mass is 352 g/mol. The van der Waals surface area contributed by atoms with Crippen LogP contribution < -0.4 is 20.5 Å². The summed E-state index contributed by atoms with van der Waals surface area (Å²) in [5.41, 5.74) is 0.294. The highest BCUT2D eigenvalue weighted by molar-refractivity contribution is 5.93. The van der Waals surface area contributed by atoms with E-state index in [1.165, 1.54) is 4.68 Å². The van der Waals surface area contributed by atoms with Gasteiger partial charge in [0.05, 0.1) is 12.5 Å². The number of benzene rings is 2. The van der Waals surface area contributed by atoms with Gasteiger partial charge in [0, 0.05) is 31.2 Å². The molecule has 0 radical (unpaired) electrons. The van der Waals surface area contributed by atoms with Crippen LogP contribution in [0, 0.1) is 0 Å². The van der Waals surface area contributed by atoms with Gasteiger partial charge in [0.2, 0.25) is 5.91 Å². The van der Waals surface area contributed by atoms with Crippen LogP contribution in [0.25, 0.3) is 10.8 Å². The molecular formula is C19H20N4O3. The van der Waals surface area contributed by atoms with Gasteiger partial charge in [-0.15, -0.1) is 0 Å². The Hall–Kier alpha value is -3.35. The number of nitrogens with one attached hydrogen (secondary N) is 1. The molecule has 0 bridgehead atoms. The van der Waals surface area contributed by atoms with E-state index in [0.29, 0.717) is 22.6 Å². The van der Waals surface area contributed by atoms with Crippen molar-refractivity contribution in [3.05, 3.63) is 58.9 Å². The average Bonchev–Trinajstić information content (AvgIpc) is 2.64. The fraction of sp³-hybridized carbons (Fsp3) is 0.211. The van der Waals surface area contributed by atoms with Crippen LogP contribution >= 0.6 is 0 Å². The number of hydrogen-bond acceptors (Lipinski definition) is 5. The topological polar surface area (TPSA) is 76.5 Å². The molecule has 7 heteroatoms. The van der Waals surface area contributed by atoms with E-state index >= 15 is 0 Å². The number of carbonyl (C=O) groups excluding carboxylic acids is 1. The second kappa shape index (κ2) is 7.26. The Bertz CT molecular complexity index is 1010. The highest BCUT2D eigenvalue weighted by Crippen LogP contribution is 2.20. The second-order valence-electron chi connectivity index (χ2n) is 6.01. The summed E-state index contributed by atoms with van der Waals surface area (Å²) in [5, 5.41) is 8.40. The molecule has 0 aliphatic carbocycles. The number of anilines is 2. The molecule has 0 aliphatic heterocycles. The van der Waals surface area contributed by atoms with Crippen LogP contribution in [0.5, 0.6) is 5.75 Å². The van der Waals surface area contributed by atoms with Gasteiger partial charge >= 0.3 is 0 Å². The minimum Gasteiger partial charge on any atom is -0.497 e. The lowest BCUT2D eigenvalue weighted by atomic mass is 10.2. The summed E-state index contributed by atoms with van der Waals surface area (Å²) in [6, 6.07) is 14.3. The molecule has 0 unspecified atom stereocenters. The predicted octanol–water partition coefficient (Wildman–Crippen LogP) is 2.11. The van der Waals surface area contributed by atoms with E-state index in [-0.39, 0.29) is 18.0 Å². The Morgan fingerprint density at radius 3 is 2.58 bits per heavy atom. The fourth-order valence-electron chi connectivity index (χ4n) is 2.69. The van der Waals surface area contributed by atoms with Gasteiger partial charge in [-0.3, -0.25) is 9.59 Å². The lowest BCUT2D eigenvalue weighted by Gasteiger charge is -2.16. The molecule has 26 heavy (non-hydrogen) atoms. The third-order valence-corrected chi connectivity index (χ3v) is 3.92. The number of carbonyl (C=O) groups is 1. The van der Waals surface area contributed by atoms with Crippen LogP contribution in [0.1, 0.15) is 0 Å². The predicted molar refractivity (Wildman–Crippen MR) is 102 cm³/mol. The summed E-state index contributed by atoms with van der Waals surface area (Å²) < 4.78 is 6.33. The maximum atomic E-state index is 12.7. The molecule has 3 aromatic rings. The number of hydrogen-bond donors (Lipinski definition) is 1. The van der Waals surface area contributed by atoms with Crippen molar-refractivity contribution in [2.24, 2.45) is 0 Å². The normalized spacial score (nSPS) is 10.6. The van der Waals surface area contributed by atoms with Gasteiger partial charge in [-0.2, -0.15) is 5.10 Å². The van der Waals surface area contributed by atoms with Crippen molar-refractivity contribution in [1.29, 1.82) is 0 Å². The molecule has 7 nitrogen and oxygen atoms in total. The van der Waals surface area contributed by atoms with Crippen molar-refractivity contribution in [3.8, 4) is 5.75 Å². The van der Waals surface area contributed by atoms with Crippen LogP contribution in [0.3, 0.4) is 0 Å². The van der Waals surface area contributed by atoms with E-state index in [9.17, 15) is 9.59 Å². The van der Waals surface area contributed by atoms with E-state index in [4.69, 9.17) is 4.74 Å². The molecule has 0 atom stereocenters. The van der Waals surface area contributed by atoms with Crippen LogP contribution in [-0.4, -0.2) is 36.9 Å². The van der Waals surface area contributed by atoms with Crippen molar-refractivity contribution in [2.45, 2.75) is 6.54 Å². The van der Waals surface area contributed by atoms with Gasteiger partial charge in [-0.1, -0.05) is 24.3 Å². The van der Waals surface area contributed by atoms with Crippen LogP contribution in [0.2, 0.25) is 0 Å². The van der Waals surface area contributed by atoms with Gasteiger partial charge in [0.25, 0.3) is 5.56 Å². The van der Waals surface area contributed by atoms with Crippen molar-refractivity contribution >= 4 is 28.2 Å². The smallest absolute Gasteiger partial charge is 0.275 e. The largest absolute Gasteiger partial charge is 0.497 e. The summed E-state index contributed by atoms with van der Waals surface area (Å²) in [6.07, 6.45) is 0. The van der Waals surface area contributed by atoms with Crippen molar-refractivity contribution < 1.29 is 9.53 Å². The molecule has 1 amide bonds. The zero-order valence-corrected chi connectivity index (χ0v) is 14.9. The molecule has 2 aromatic carbocycles. The van der Waals surface area contributed by atoms with E-state index in [1.807, 2.05) is 31.1 Å². The van der Waals surface area contributed by atoms with Crippen LogP contribution in [-0.2, 0) is 11.3 Å². The Morgan fingerprint density at radius 1 is 1.15 bits per heavy atom. The summed E-state index contributed by atoms with van der Waals surface area (Å²) >= 11 is 0. The molecular weight excluding hydrogens is 332 g/mol. The number of methoxy groups -OCH3 is 1. The first-order chi connectivity index (χ1) is 12.5. The van der Waals surface area contributed by atoms with Gasteiger partial charge in [-0.05, 0) is 18.2 Å². The van der Waals surface area contributed by atoms with Gasteiger partial charge < -0.3 is 15.0 Å². The first-order valence-corrected chi connectivity index (χ1v) is 8.10. The van der Waals surface area contributed by atoms with E-state index in [0.717, 1.165) is 5.39 Å². The van der Waals surface area contributed by atoms with Crippen LogP contribution in [0.15, 0.2) is 53.3 Å². The Morgan fingerprint density at radius 2 is 1.88 bits per heavy atom. The van der Waals surface area contributed by atoms with E-state index in [2.05, 4.69) is 10.4 Å². The number of rotatable bonds is 5. The highest BCUT2D eigenvalue weighted by atomic mass is 16.5. The number of amides is 1. The number of aromatic nitrogens is 2. The minimum absolute atomic E-state index is 0.179. The van der Waals surface area contributed by atoms with Crippen molar-refractivity contribution in [3.63, 3.8) is 0 Å². The minimum atomic E-state index is -0.340. The Labute approximate surface area is 150 Å². The number of ether oxygens (including phenoxy) is 1. The number of fused-ring (bicyclic) bond motifs is 1. The second-order valence-corrected chi connectivity index (χ2v) is 6.01. The maximum Gasteiger partial charge on any atom is 0.275 e. The molecule has 0 saturated heterocycles. The summed E-state index contributed by atoms with van der Waals surface area (Å²) in [5.74, 6) is 0.931. The molecule has 1 aromatic heterocycles. The van der Waals surface area contributed by atoms with Gasteiger partial charge in [0.1, 0.15) is 12.3 Å². The molecule has 1 N–H and O–H groups in total. The molecule has 0 spiro atoms. The van der Waals surface area contributed by atoms with Crippen molar-refractivity contribution in [1.82, 2.24) is 9.78 Å². The average molecular weight is 352 g/mol. The Balaban J connectivity index is 1.91. The standard InChI is InChI=1S/C19H20N4O3/c1-22(2)18-15-9-4-5-10-16(15)19(25)23(21-18)12-17(24)20-13-7-6-8-14(11-13)26-3/h4-11H,12H2,1-3H3,(H,20,24). The molecule has 0 fully saturated rings. The van der Waals surface area contributed by atoms with Gasteiger partial charge in [-0.25, -0.2) is 4.68 Å². The fourth-order valence-corrected chi connectivity index (χ4v) is 2.69. The molecule has 1 heterocycles. The highest BCUT2D eigenvalue weighted by Gasteiger charge is 2.14. The lowest BCUT2D eigenvalue weighted by molar-refractivity contribution is -0.117. The Kier molecular flexibility index (Phi) is 4.88. The lowest BCUT2D eigenvalue weighted by Crippen LogP contribution is -2.31. The third kappa shape index (κ3) is 3.51. The first kappa shape index (κ1) is 17.5. The third-order valence-electron chi connectivity index (χ3n) is 3.92. The summed E-state index contributed by atoms with van der Waals surface area (Å²) in [4.78, 5) is 26.9. The van der Waals surface area contributed by atoms with Crippen LogP contribution in [0.4, 0.5) is 11.5 Å². The van der Waals surface area contributed by atoms with Gasteiger partial charge in [0.15, 0.2) is 5.82 Å². The number of nitrogens with zero attached hydrogens (tertiary/aromatic N) is 3. The first-order valence-electron chi connectivity index (χ1n) is 8.10. The molecule has 0 aliphatic rings. The SMILES string of the molecule is COc1cccc(NC(=O)Cn2nc(N(C)C)c3ccccc3c2=O)c1. The maximum absolute atomic E-state index is 12.7. The molecule has 3 rings (SSSR count). The van der Waals surface area contributed by atoms with E-state index < -0.39 is 0 Å². The molecule has 134 valence electrons. The quantitative estimate of drug-likeness (QED) is 0.761. The summed E-state index contributed by atoms with van der Waals surface area (Å²) in [6.45, 7) is -0.179. The van der Waals surface area contributed by atoms with Crippen molar-refractivity contribution in [2.75, 3.05) is 31.4 Å². The van der Waals surface area contributed by atoms with E-state index in [1.54, 1.807) is 43.5 Å².